The highest BCUT2D eigenvalue weighted by Crippen LogP contribution is 2.26. The number of nitrogens with zero attached hydrogens (tertiary/aromatic N) is 3. The third-order valence-corrected chi connectivity index (χ3v) is 3.65. The number of piperidine rings is 1. The quantitative estimate of drug-likeness (QED) is 0.842. The molecule has 0 aliphatic carbocycles. The number of nitrogens with two attached hydrogens (primary N) is 1. The van der Waals surface area contributed by atoms with Crippen LogP contribution in [-0.4, -0.2) is 28.7 Å². The Kier molecular flexibility index (Phi) is 3.49. The molecule has 2 heterocycles. The highest BCUT2D eigenvalue weighted by molar-refractivity contribution is 5.34. The fourth-order valence-corrected chi connectivity index (χ4v) is 2.66. The van der Waals surface area contributed by atoms with E-state index < -0.39 is 0 Å². The van der Waals surface area contributed by atoms with Crippen LogP contribution < -0.4 is 10.6 Å². The maximum absolute atomic E-state index is 5.90. The zero-order valence-corrected chi connectivity index (χ0v) is 10.3. The van der Waals surface area contributed by atoms with Crippen LogP contribution in [0.15, 0.2) is 12.4 Å². The summed E-state index contributed by atoms with van der Waals surface area (Å²) in [6.07, 6.45) is 6.45. The largest absolute Gasteiger partial charge is 0.338 e. The first kappa shape index (κ1) is 11.5. The summed E-state index contributed by atoms with van der Waals surface area (Å²) in [6.45, 7) is 7.22. The highest BCUT2D eigenvalue weighted by Gasteiger charge is 2.29. The maximum atomic E-state index is 5.90. The number of hydrogen-bond acceptors (Lipinski definition) is 3. The molecule has 1 fully saturated rings. The van der Waals surface area contributed by atoms with Gasteiger partial charge in [-0.25, -0.2) is 4.98 Å². The van der Waals surface area contributed by atoms with Crippen molar-refractivity contribution in [3.8, 4) is 0 Å². The van der Waals surface area contributed by atoms with E-state index in [1.807, 2.05) is 12.4 Å². The minimum absolute atomic E-state index is 0.446. The number of aromatic nitrogens is 2. The zero-order valence-electron chi connectivity index (χ0n) is 10.3. The SMILES string of the molecule is CCn1ccnc1N1CCCC(C)C1CN. The minimum atomic E-state index is 0.446. The first-order valence-corrected chi connectivity index (χ1v) is 6.25. The molecule has 1 aliphatic rings. The lowest BCUT2D eigenvalue weighted by molar-refractivity contribution is 0.343. The molecule has 1 aromatic rings. The molecular formula is C12H22N4. The molecule has 4 heteroatoms. The second-order valence-electron chi connectivity index (χ2n) is 4.63. The van der Waals surface area contributed by atoms with Crippen molar-refractivity contribution in [2.24, 2.45) is 11.7 Å². The maximum Gasteiger partial charge on any atom is 0.205 e. The molecular weight excluding hydrogens is 200 g/mol. The molecule has 0 radical (unpaired) electrons. The molecule has 1 aromatic heterocycles. The summed E-state index contributed by atoms with van der Waals surface area (Å²) < 4.78 is 2.20. The fourth-order valence-electron chi connectivity index (χ4n) is 2.66. The van der Waals surface area contributed by atoms with Crippen molar-refractivity contribution in [3.05, 3.63) is 12.4 Å². The summed E-state index contributed by atoms with van der Waals surface area (Å²) >= 11 is 0. The Bertz CT molecular complexity index is 334. The van der Waals surface area contributed by atoms with Crippen LogP contribution in [0.3, 0.4) is 0 Å². The second kappa shape index (κ2) is 4.87. The topological polar surface area (TPSA) is 47.1 Å². The molecule has 4 nitrogen and oxygen atoms in total. The van der Waals surface area contributed by atoms with Crippen LogP contribution in [0.5, 0.6) is 0 Å². The van der Waals surface area contributed by atoms with Gasteiger partial charge in [-0.15, -0.1) is 0 Å². The van der Waals surface area contributed by atoms with E-state index in [1.165, 1.54) is 12.8 Å². The van der Waals surface area contributed by atoms with Crippen molar-refractivity contribution in [2.75, 3.05) is 18.0 Å². The molecule has 0 saturated carbocycles. The summed E-state index contributed by atoms with van der Waals surface area (Å²) in [5.74, 6) is 1.75. The van der Waals surface area contributed by atoms with Gasteiger partial charge >= 0.3 is 0 Å². The molecule has 2 unspecified atom stereocenters. The molecule has 1 aliphatic heterocycles. The third kappa shape index (κ3) is 1.94. The van der Waals surface area contributed by atoms with E-state index >= 15 is 0 Å². The van der Waals surface area contributed by atoms with Gasteiger partial charge in [0.25, 0.3) is 0 Å². The van der Waals surface area contributed by atoms with Gasteiger partial charge in [-0.3, -0.25) is 0 Å². The van der Waals surface area contributed by atoms with Gasteiger partial charge in [0, 0.05) is 38.1 Å². The van der Waals surface area contributed by atoms with Gasteiger partial charge in [-0.2, -0.15) is 0 Å². The molecule has 2 N–H and O–H groups in total. The molecule has 16 heavy (non-hydrogen) atoms. The second-order valence-corrected chi connectivity index (χ2v) is 4.63. The van der Waals surface area contributed by atoms with Crippen molar-refractivity contribution in [1.82, 2.24) is 9.55 Å². The average Bonchev–Trinajstić information content (AvgIpc) is 2.76. The Labute approximate surface area is 97.4 Å². The Morgan fingerprint density at radius 3 is 3.06 bits per heavy atom. The lowest BCUT2D eigenvalue weighted by atomic mass is 9.91. The summed E-state index contributed by atoms with van der Waals surface area (Å²) in [5.41, 5.74) is 5.90. The molecule has 0 bridgehead atoms. The first-order chi connectivity index (χ1) is 7.77. The van der Waals surface area contributed by atoms with Crippen LogP contribution in [0.1, 0.15) is 26.7 Å². The lowest BCUT2D eigenvalue weighted by Gasteiger charge is -2.40. The Morgan fingerprint density at radius 2 is 2.38 bits per heavy atom. The predicted molar refractivity (Wildman–Crippen MR) is 66.5 cm³/mol. The van der Waals surface area contributed by atoms with E-state index in [1.54, 1.807) is 0 Å². The first-order valence-electron chi connectivity index (χ1n) is 6.25. The average molecular weight is 222 g/mol. The van der Waals surface area contributed by atoms with Crippen LogP contribution in [0.25, 0.3) is 0 Å². The molecule has 0 amide bonds. The van der Waals surface area contributed by atoms with E-state index in [2.05, 4.69) is 28.3 Å². The van der Waals surface area contributed by atoms with Gasteiger partial charge in [0.15, 0.2) is 0 Å². The van der Waals surface area contributed by atoms with Gasteiger partial charge in [-0.05, 0) is 25.7 Å². The van der Waals surface area contributed by atoms with Gasteiger partial charge in [0.05, 0.1) is 0 Å². The Balaban J connectivity index is 2.24. The van der Waals surface area contributed by atoms with Gasteiger partial charge in [-0.1, -0.05) is 6.92 Å². The van der Waals surface area contributed by atoms with Crippen LogP contribution in [0.4, 0.5) is 5.95 Å². The summed E-state index contributed by atoms with van der Waals surface area (Å²) in [5, 5.41) is 0. The number of imidazole rings is 1. The van der Waals surface area contributed by atoms with E-state index in [0.29, 0.717) is 12.0 Å². The van der Waals surface area contributed by atoms with E-state index in [9.17, 15) is 0 Å². The van der Waals surface area contributed by atoms with Crippen molar-refractivity contribution < 1.29 is 0 Å². The van der Waals surface area contributed by atoms with Crippen molar-refractivity contribution in [2.45, 2.75) is 39.3 Å². The van der Waals surface area contributed by atoms with Gasteiger partial charge < -0.3 is 15.2 Å². The summed E-state index contributed by atoms with van der Waals surface area (Å²) in [7, 11) is 0. The minimum Gasteiger partial charge on any atom is -0.338 e. The van der Waals surface area contributed by atoms with E-state index in [4.69, 9.17) is 5.73 Å². The Morgan fingerprint density at radius 1 is 1.56 bits per heavy atom. The predicted octanol–water partition coefficient (Wildman–Crippen LogP) is 1.47. The number of hydrogen-bond donors (Lipinski definition) is 1. The number of aryl methyl sites for hydroxylation is 1. The molecule has 2 rings (SSSR count). The monoisotopic (exact) mass is 222 g/mol. The lowest BCUT2D eigenvalue weighted by Crippen LogP contribution is -2.49. The molecule has 0 aromatic carbocycles. The van der Waals surface area contributed by atoms with Crippen LogP contribution in [-0.2, 0) is 6.54 Å². The standard InChI is InChI=1S/C12H22N4/c1-3-15-8-6-14-12(15)16-7-4-5-10(2)11(16)9-13/h6,8,10-11H,3-5,7,9,13H2,1-2H3. The normalized spacial score (nSPS) is 26.1. The molecule has 0 spiro atoms. The number of anilines is 1. The third-order valence-electron chi connectivity index (χ3n) is 3.65. The van der Waals surface area contributed by atoms with Crippen LogP contribution >= 0.6 is 0 Å². The summed E-state index contributed by atoms with van der Waals surface area (Å²) in [6, 6.07) is 0.446. The molecule has 2 atom stereocenters. The highest BCUT2D eigenvalue weighted by atomic mass is 15.3. The number of rotatable bonds is 3. The van der Waals surface area contributed by atoms with Gasteiger partial charge in [0.1, 0.15) is 0 Å². The van der Waals surface area contributed by atoms with E-state index in [-0.39, 0.29) is 0 Å². The smallest absolute Gasteiger partial charge is 0.205 e. The van der Waals surface area contributed by atoms with Crippen molar-refractivity contribution in [1.29, 1.82) is 0 Å². The van der Waals surface area contributed by atoms with Crippen LogP contribution in [0, 0.1) is 5.92 Å². The van der Waals surface area contributed by atoms with Crippen molar-refractivity contribution >= 4 is 5.95 Å². The zero-order chi connectivity index (χ0) is 11.5. The molecule has 90 valence electrons. The molecule has 1 saturated heterocycles. The van der Waals surface area contributed by atoms with Gasteiger partial charge in [0.2, 0.25) is 5.95 Å². The Hall–Kier alpha value is -1.03. The van der Waals surface area contributed by atoms with E-state index in [0.717, 1.165) is 25.6 Å². The van der Waals surface area contributed by atoms with Crippen molar-refractivity contribution in [3.63, 3.8) is 0 Å². The van der Waals surface area contributed by atoms with Crippen LogP contribution in [0.2, 0.25) is 0 Å². The fraction of sp³-hybridized carbons (Fsp3) is 0.750. The summed E-state index contributed by atoms with van der Waals surface area (Å²) in [4.78, 5) is 6.86.